The molecule has 0 fully saturated rings. The number of aromatic hydroxyl groups is 1. The van der Waals surface area contributed by atoms with Crippen molar-refractivity contribution in [3.8, 4) is 5.75 Å². The molecule has 2 nitrogen and oxygen atoms in total. The normalized spacial score (nSPS) is 13.6. The first-order valence-electron chi connectivity index (χ1n) is 6.47. The van der Waals surface area contributed by atoms with Crippen LogP contribution in [0.15, 0.2) is 24.3 Å². The average molecular weight is 235 g/mol. The fraction of sp³-hybridized carbons (Fsp3) is 0.600. The van der Waals surface area contributed by atoms with Gasteiger partial charge in [-0.15, -0.1) is 0 Å². The summed E-state index contributed by atoms with van der Waals surface area (Å²) in [6.07, 6.45) is 1.02. The lowest BCUT2D eigenvalue weighted by Gasteiger charge is -2.36. The minimum Gasteiger partial charge on any atom is -0.508 e. The van der Waals surface area contributed by atoms with Crippen molar-refractivity contribution in [3.63, 3.8) is 0 Å². The maximum Gasteiger partial charge on any atom is 0.115 e. The molecule has 0 spiro atoms. The molecule has 0 bridgehead atoms. The van der Waals surface area contributed by atoms with Crippen LogP contribution in [0.25, 0.3) is 0 Å². The number of hydrogen-bond donors (Lipinski definition) is 1. The van der Waals surface area contributed by atoms with Crippen LogP contribution in [0.1, 0.15) is 40.2 Å². The fourth-order valence-corrected chi connectivity index (χ4v) is 2.69. The molecule has 0 saturated carbocycles. The quantitative estimate of drug-likeness (QED) is 0.845. The van der Waals surface area contributed by atoms with Gasteiger partial charge >= 0.3 is 0 Å². The van der Waals surface area contributed by atoms with E-state index in [4.69, 9.17) is 0 Å². The summed E-state index contributed by atoms with van der Waals surface area (Å²) in [5, 5.41) is 9.27. The van der Waals surface area contributed by atoms with Crippen LogP contribution in [0.5, 0.6) is 5.75 Å². The zero-order valence-electron chi connectivity index (χ0n) is 11.6. The Morgan fingerprint density at radius 3 is 1.82 bits per heavy atom. The molecule has 0 heterocycles. The molecule has 1 aromatic rings. The second kappa shape index (κ2) is 6.06. The summed E-state index contributed by atoms with van der Waals surface area (Å²) in [6.45, 7) is 11.2. The molecule has 1 unspecified atom stereocenters. The SMILES string of the molecule is CC(C)N(C(C)C)C(C)Cc1ccc(O)cc1. The minimum absolute atomic E-state index is 0.339. The molecule has 96 valence electrons. The van der Waals surface area contributed by atoms with Gasteiger partial charge in [0.25, 0.3) is 0 Å². The molecule has 1 N–H and O–H groups in total. The molecule has 2 heteroatoms. The van der Waals surface area contributed by atoms with Crippen LogP contribution in [-0.2, 0) is 6.42 Å². The maximum atomic E-state index is 9.27. The van der Waals surface area contributed by atoms with Gasteiger partial charge in [-0.2, -0.15) is 0 Å². The lowest BCUT2D eigenvalue weighted by molar-refractivity contribution is 0.122. The molecule has 1 rings (SSSR count). The topological polar surface area (TPSA) is 23.5 Å². The molecule has 0 saturated heterocycles. The van der Waals surface area contributed by atoms with E-state index in [0.717, 1.165) is 6.42 Å². The maximum absolute atomic E-state index is 9.27. The van der Waals surface area contributed by atoms with Crippen molar-refractivity contribution in [2.75, 3.05) is 0 Å². The van der Waals surface area contributed by atoms with Crippen LogP contribution in [-0.4, -0.2) is 28.1 Å². The third-order valence-electron chi connectivity index (χ3n) is 3.17. The molecule has 0 aromatic heterocycles. The second-order valence-corrected chi connectivity index (χ2v) is 5.35. The molecule has 0 aliphatic rings. The fourth-order valence-electron chi connectivity index (χ4n) is 2.69. The Morgan fingerprint density at radius 1 is 0.941 bits per heavy atom. The predicted molar refractivity (Wildman–Crippen MR) is 73.4 cm³/mol. The number of hydrogen-bond acceptors (Lipinski definition) is 2. The van der Waals surface area contributed by atoms with Crippen molar-refractivity contribution in [1.82, 2.24) is 4.90 Å². The van der Waals surface area contributed by atoms with Crippen LogP contribution in [0.3, 0.4) is 0 Å². The molecule has 0 radical (unpaired) electrons. The third kappa shape index (κ3) is 4.04. The summed E-state index contributed by atoms with van der Waals surface area (Å²) in [7, 11) is 0. The van der Waals surface area contributed by atoms with E-state index < -0.39 is 0 Å². The van der Waals surface area contributed by atoms with Gasteiger partial charge in [0.05, 0.1) is 0 Å². The largest absolute Gasteiger partial charge is 0.508 e. The highest BCUT2D eigenvalue weighted by Gasteiger charge is 2.20. The highest BCUT2D eigenvalue weighted by Crippen LogP contribution is 2.17. The summed E-state index contributed by atoms with van der Waals surface area (Å²) in [4.78, 5) is 2.52. The lowest BCUT2D eigenvalue weighted by atomic mass is 10.0. The highest BCUT2D eigenvalue weighted by atomic mass is 16.3. The summed E-state index contributed by atoms with van der Waals surface area (Å²) in [6, 6.07) is 9.16. The van der Waals surface area contributed by atoms with Crippen molar-refractivity contribution in [3.05, 3.63) is 29.8 Å². The molecule has 1 aromatic carbocycles. The van der Waals surface area contributed by atoms with E-state index in [1.807, 2.05) is 12.1 Å². The molecule has 0 amide bonds. The summed E-state index contributed by atoms with van der Waals surface area (Å²) in [5.74, 6) is 0.339. The Morgan fingerprint density at radius 2 is 1.41 bits per heavy atom. The first-order valence-corrected chi connectivity index (χ1v) is 6.47. The van der Waals surface area contributed by atoms with Gasteiger partial charge in [-0.1, -0.05) is 12.1 Å². The van der Waals surface area contributed by atoms with Gasteiger partial charge in [0.1, 0.15) is 5.75 Å². The smallest absolute Gasteiger partial charge is 0.115 e. The second-order valence-electron chi connectivity index (χ2n) is 5.35. The molecule has 0 aliphatic carbocycles. The van der Waals surface area contributed by atoms with Crippen LogP contribution >= 0.6 is 0 Å². The van der Waals surface area contributed by atoms with Gasteiger partial charge in [-0.05, 0) is 58.7 Å². The van der Waals surface area contributed by atoms with E-state index in [9.17, 15) is 5.11 Å². The van der Waals surface area contributed by atoms with Crippen molar-refractivity contribution < 1.29 is 5.11 Å². The molecule has 17 heavy (non-hydrogen) atoms. The number of nitrogens with zero attached hydrogens (tertiary/aromatic N) is 1. The van der Waals surface area contributed by atoms with Gasteiger partial charge in [0.2, 0.25) is 0 Å². The molecular formula is C15H25NO. The minimum atomic E-state index is 0.339. The molecular weight excluding hydrogens is 210 g/mol. The Bertz CT molecular complexity index is 321. The first kappa shape index (κ1) is 14.0. The molecule has 0 aliphatic heterocycles. The van der Waals surface area contributed by atoms with E-state index in [1.54, 1.807) is 12.1 Å². The number of benzene rings is 1. The van der Waals surface area contributed by atoms with E-state index in [0.29, 0.717) is 23.9 Å². The monoisotopic (exact) mass is 235 g/mol. The summed E-state index contributed by atoms with van der Waals surface area (Å²) < 4.78 is 0. The van der Waals surface area contributed by atoms with E-state index in [2.05, 4.69) is 39.5 Å². The zero-order valence-corrected chi connectivity index (χ0v) is 11.6. The third-order valence-corrected chi connectivity index (χ3v) is 3.17. The summed E-state index contributed by atoms with van der Waals surface area (Å²) >= 11 is 0. The Balaban J connectivity index is 2.69. The Hall–Kier alpha value is -1.02. The lowest BCUT2D eigenvalue weighted by Crippen LogP contribution is -2.44. The van der Waals surface area contributed by atoms with Gasteiger partial charge in [0, 0.05) is 18.1 Å². The van der Waals surface area contributed by atoms with E-state index in [-0.39, 0.29) is 0 Å². The van der Waals surface area contributed by atoms with Gasteiger partial charge < -0.3 is 5.11 Å². The highest BCUT2D eigenvalue weighted by molar-refractivity contribution is 5.26. The van der Waals surface area contributed by atoms with E-state index in [1.165, 1.54) is 5.56 Å². The van der Waals surface area contributed by atoms with Crippen molar-refractivity contribution >= 4 is 0 Å². The average Bonchev–Trinajstić information content (AvgIpc) is 2.20. The van der Waals surface area contributed by atoms with Gasteiger partial charge in [-0.3, -0.25) is 4.90 Å². The van der Waals surface area contributed by atoms with Gasteiger partial charge in [0.15, 0.2) is 0 Å². The number of rotatable bonds is 5. The van der Waals surface area contributed by atoms with Crippen LogP contribution in [0.4, 0.5) is 0 Å². The van der Waals surface area contributed by atoms with Crippen LogP contribution < -0.4 is 0 Å². The predicted octanol–water partition coefficient (Wildman–Crippen LogP) is 3.44. The van der Waals surface area contributed by atoms with Gasteiger partial charge in [-0.25, -0.2) is 0 Å². The zero-order chi connectivity index (χ0) is 13.0. The summed E-state index contributed by atoms with van der Waals surface area (Å²) in [5.41, 5.74) is 1.28. The Labute approximate surface area is 105 Å². The van der Waals surface area contributed by atoms with Crippen LogP contribution in [0, 0.1) is 0 Å². The van der Waals surface area contributed by atoms with Crippen molar-refractivity contribution in [2.45, 2.75) is 59.2 Å². The first-order chi connectivity index (χ1) is 7.91. The standard InChI is InChI=1S/C15H25NO/c1-11(2)16(12(3)4)13(5)10-14-6-8-15(17)9-7-14/h6-9,11-13,17H,10H2,1-5H3. The number of phenols is 1. The van der Waals surface area contributed by atoms with Crippen molar-refractivity contribution in [2.24, 2.45) is 0 Å². The Kier molecular flexibility index (Phi) is 5.01. The van der Waals surface area contributed by atoms with E-state index >= 15 is 0 Å². The molecule has 1 atom stereocenters. The van der Waals surface area contributed by atoms with Crippen LogP contribution in [0.2, 0.25) is 0 Å². The van der Waals surface area contributed by atoms with Crippen molar-refractivity contribution in [1.29, 1.82) is 0 Å². The number of phenolic OH excluding ortho intramolecular Hbond substituents is 1.